The molecule has 0 spiro atoms. The van der Waals surface area contributed by atoms with Crippen LogP contribution in [0, 0.1) is 12.8 Å². The predicted octanol–water partition coefficient (Wildman–Crippen LogP) is 2.61. The van der Waals surface area contributed by atoms with Gasteiger partial charge in [-0.2, -0.15) is 0 Å². The highest BCUT2D eigenvalue weighted by Gasteiger charge is 2.61. The van der Waals surface area contributed by atoms with E-state index < -0.39 is 0 Å². The van der Waals surface area contributed by atoms with Crippen molar-refractivity contribution in [3.8, 4) is 5.75 Å². The second-order valence-corrected chi connectivity index (χ2v) is 8.58. The standard InChI is InChI=1S/C23H25N3O3/c1-14-10-25(3)22(28)19-18(12-24(2)20(14)19)21(27)26-11-16-9-23(16,13-26)15-5-7-17(29-4)8-6-15/h5-8,10,12,16H,9,11,13H2,1-4H3. The Hall–Kier alpha value is -3.02. The molecule has 1 saturated carbocycles. The number of aromatic nitrogens is 2. The molecule has 3 heterocycles. The van der Waals surface area contributed by atoms with Crippen LogP contribution in [-0.4, -0.2) is 40.1 Å². The maximum atomic E-state index is 13.4. The first kappa shape index (κ1) is 18.0. The van der Waals surface area contributed by atoms with Gasteiger partial charge in [-0.15, -0.1) is 0 Å². The molecule has 1 aromatic carbocycles. The number of nitrogens with zero attached hydrogens (tertiary/aromatic N) is 3. The summed E-state index contributed by atoms with van der Waals surface area (Å²) in [5, 5.41) is 0.527. The molecular formula is C23H25N3O3. The number of amides is 1. The van der Waals surface area contributed by atoms with Crippen LogP contribution in [0.15, 0.2) is 41.5 Å². The molecule has 0 N–H and O–H groups in total. The summed E-state index contributed by atoms with van der Waals surface area (Å²) in [6.45, 7) is 3.42. The van der Waals surface area contributed by atoms with E-state index in [1.54, 1.807) is 18.7 Å². The topological polar surface area (TPSA) is 56.5 Å². The number of piperidine rings is 1. The monoisotopic (exact) mass is 391 g/mol. The van der Waals surface area contributed by atoms with Gasteiger partial charge in [-0.05, 0) is 42.5 Å². The fourth-order valence-corrected chi connectivity index (χ4v) is 5.24. The molecule has 1 aliphatic heterocycles. The van der Waals surface area contributed by atoms with Crippen LogP contribution in [0.1, 0.15) is 27.9 Å². The van der Waals surface area contributed by atoms with Crippen molar-refractivity contribution < 1.29 is 9.53 Å². The van der Waals surface area contributed by atoms with Crippen molar-refractivity contribution in [1.82, 2.24) is 14.0 Å². The number of hydrogen-bond donors (Lipinski definition) is 0. The number of ether oxygens (including phenoxy) is 1. The van der Waals surface area contributed by atoms with Crippen molar-refractivity contribution >= 4 is 16.8 Å². The normalized spacial score (nSPS) is 22.8. The Bertz CT molecular complexity index is 1200. The number of rotatable bonds is 3. The third kappa shape index (κ3) is 2.48. The zero-order chi connectivity index (χ0) is 20.5. The Morgan fingerprint density at radius 3 is 2.55 bits per heavy atom. The number of carbonyl (C=O) groups excluding carboxylic acids is 1. The van der Waals surface area contributed by atoms with Crippen LogP contribution in [0.3, 0.4) is 0 Å². The van der Waals surface area contributed by atoms with Gasteiger partial charge < -0.3 is 18.8 Å². The third-order valence-electron chi connectivity index (χ3n) is 6.80. The van der Waals surface area contributed by atoms with Crippen LogP contribution in [0.2, 0.25) is 0 Å². The molecule has 2 aromatic heterocycles. The van der Waals surface area contributed by atoms with Gasteiger partial charge in [0.1, 0.15) is 5.75 Å². The van der Waals surface area contributed by atoms with Gasteiger partial charge in [0.25, 0.3) is 11.5 Å². The highest BCUT2D eigenvalue weighted by Crippen LogP contribution is 2.59. The fraction of sp³-hybridized carbons (Fsp3) is 0.391. The molecule has 6 nitrogen and oxygen atoms in total. The minimum atomic E-state index is -0.122. The van der Waals surface area contributed by atoms with Gasteiger partial charge in [0, 0.05) is 45.0 Å². The van der Waals surface area contributed by atoms with Crippen LogP contribution < -0.4 is 10.3 Å². The summed E-state index contributed by atoms with van der Waals surface area (Å²) in [6, 6.07) is 8.20. The summed E-state index contributed by atoms with van der Waals surface area (Å²) in [6.07, 6.45) is 4.74. The molecule has 6 heteroatoms. The summed E-state index contributed by atoms with van der Waals surface area (Å²) < 4.78 is 8.73. The summed E-state index contributed by atoms with van der Waals surface area (Å²) in [5.41, 5.74) is 3.53. The largest absolute Gasteiger partial charge is 0.497 e. The number of methoxy groups -OCH3 is 1. The van der Waals surface area contributed by atoms with Crippen molar-refractivity contribution in [2.75, 3.05) is 20.2 Å². The van der Waals surface area contributed by atoms with Crippen LogP contribution in [-0.2, 0) is 19.5 Å². The highest BCUT2D eigenvalue weighted by atomic mass is 16.5. The van der Waals surface area contributed by atoms with Gasteiger partial charge in [-0.3, -0.25) is 9.59 Å². The Balaban J connectivity index is 1.49. The average Bonchev–Trinajstić information content (AvgIpc) is 3.10. The first-order valence-corrected chi connectivity index (χ1v) is 9.95. The number of aryl methyl sites for hydroxylation is 3. The Morgan fingerprint density at radius 1 is 1.14 bits per heavy atom. The van der Waals surface area contributed by atoms with Gasteiger partial charge in [0.2, 0.25) is 0 Å². The molecule has 5 rings (SSSR count). The van der Waals surface area contributed by atoms with E-state index in [-0.39, 0.29) is 16.9 Å². The van der Waals surface area contributed by atoms with E-state index in [0.29, 0.717) is 23.4 Å². The van der Waals surface area contributed by atoms with Crippen molar-refractivity contribution in [2.45, 2.75) is 18.8 Å². The third-order valence-corrected chi connectivity index (χ3v) is 6.80. The first-order chi connectivity index (χ1) is 13.9. The molecule has 1 aliphatic carbocycles. The predicted molar refractivity (Wildman–Crippen MR) is 112 cm³/mol. The maximum Gasteiger partial charge on any atom is 0.260 e. The van der Waals surface area contributed by atoms with Gasteiger partial charge in [0.15, 0.2) is 0 Å². The summed E-state index contributed by atoms with van der Waals surface area (Å²) in [7, 11) is 5.30. The zero-order valence-corrected chi connectivity index (χ0v) is 17.2. The van der Waals surface area contributed by atoms with Gasteiger partial charge in [-0.25, -0.2) is 0 Å². The molecule has 0 bridgehead atoms. The molecule has 2 unspecified atom stereocenters. The van der Waals surface area contributed by atoms with Crippen LogP contribution >= 0.6 is 0 Å². The van der Waals surface area contributed by atoms with Crippen LogP contribution in [0.25, 0.3) is 10.9 Å². The van der Waals surface area contributed by atoms with Crippen molar-refractivity contribution in [1.29, 1.82) is 0 Å². The molecule has 2 atom stereocenters. The number of likely N-dealkylation sites (tertiary alicyclic amines) is 1. The second kappa shape index (κ2) is 5.99. The van der Waals surface area contributed by atoms with Gasteiger partial charge in [0.05, 0.1) is 23.6 Å². The molecule has 3 aromatic rings. The van der Waals surface area contributed by atoms with E-state index in [0.717, 1.165) is 29.8 Å². The van der Waals surface area contributed by atoms with Crippen molar-refractivity contribution in [3.05, 3.63) is 63.7 Å². The number of carbonyl (C=O) groups is 1. The number of hydrogen-bond acceptors (Lipinski definition) is 3. The lowest BCUT2D eigenvalue weighted by atomic mass is 9.95. The van der Waals surface area contributed by atoms with E-state index >= 15 is 0 Å². The molecule has 1 amide bonds. The lowest BCUT2D eigenvalue weighted by molar-refractivity contribution is 0.0774. The Morgan fingerprint density at radius 2 is 1.86 bits per heavy atom. The van der Waals surface area contributed by atoms with Crippen LogP contribution in [0.4, 0.5) is 0 Å². The minimum Gasteiger partial charge on any atom is -0.497 e. The fourth-order valence-electron chi connectivity index (χ4n) is 5.24. The quantitative estimate of drug-likeness (QED) is 0.690. The summed E-state index contributed by atoms with van der Waals surface area (Å²) in [5.74, 6) is 1.29. The smallest absolute Gasteiger partial charge is 0.260 e. The summed E-state index contributed by atoms with van der Waals surface area (Å²) >= 11 is 0. The Labute approximate surface area is 169 Å². The SMILES string of the molecule is COc1ccc(C23CC2CN(C(=O)c2cn(C)c4c(C)cn(C)c(=O)c24)C3)cc1. The molecule has 2 aliphatic rings. The van der Waals surface area contributed by atoms with Gasteiger partial charge in [-0.1, -0.05) is 12.1 Å². The van der Waals surface area contributed by atoms with E-state index in [4.69, 9.17) is 4.74 Å². The van der Waals surface area contributed by atoms with Gasteiger partial charge >= 0.3 is 0 Å². The van der Waals surface area contributed by atoms with Crippen molar-refractivity contribution in [3.63, 3.8) is 0 Å². The molecule has 2 fully saturated rings. The lowest BCUT2D eigenvalue weighted by Gasteiger charge is -2.21. The maximum absolute atomic E-state index is 13.4. The summed E-state index contributed by atoms with van der Waals surface area (Å²) in [4.78, 5) is 28.2. The first-order valence-electron chi connectivity index (χ1n) is 9.95. The minimum absolute atomic E-state index is 0.0432. The second-order valence-electron chi connectivity index (χ2n) is 8.58. The molecular weight excluding hydrogens is 366 g/mol. The van der Waals surface area contributed by atoms with E-state index in [2.05, 4.69) is 12.1 Å². The zero-order valence-electron chi connectivity index (χ0n) is 17.2. The van der Waals surface area contributed by atoms with E-state index in [9.17, 15) is 9.59 Å². The van der Waals surface area contributed by atoms with E-state index in [1.165, 1.54) is 5.56 Å². The Kier molecular flexibility index (Phi) is 3.72. The van der Waals surface area contributed by atoms with Crippen LogP contribution in [0.5, 0.6) is 5.75 Å². The lowest BCUT2D eigenvalue weighted by Crippen LogP contribution is -2.33. The van der Waals surface area contributed by atoms with Crippen molar-refractivity contribution in [2.24, 2.45) is 20.0 Å². The number of benzene rings is 1. The average molecular weight is 391 g/mol. The molecule has 0 radical (unpaired) electrons. The molecule has 1 saturated heterocycles. The number of fused-ring (bicyclic) bond motifs is 2. The highest BCUT2D eigenvalue weighted by molar-refractivity contribution is 6.07. The molecule has 29 heavy (non-hydrogen) atoms. The molecule has 150 valence electrons. The number of pyridine rings is 1. The van der Waals surface area contributed by atoms with E-state index in [1.807, 2.05) is 48.0 Å².